The number of hydrogen-bond acceptors (Lipinski definition) is 4. The molecular formula is C13H16N2O2. The SMILES string of the molecule is OCC(O)CNCc1ccc2ncccc2c1. The van der Waals surface area contributed by atoms with Crippen LogP contribution in [0.15, 0.2) is 36.5 Å². The Kier molecular flexibility index (Phi) is 4.03. The average molecular weight is 232 g/mol. The molecule has 0 aliphatic heterocycles. The summed E-state index contributed by atoms with van der Waals surface area (Å²) in [4.78, 5) is 4.25. The number of nitrogens with zero attached hydrogens (tertiary/aromatic N) is 1. The minimum atomic E-state index is -0.697. The van der Waals surface area contributed by atoms with E-state index in [0.717, 1.165) is 16.5 Å². The highest BCUT2D eigenvalue weighted by Gasteiger charge is 2.01. The number of benzene rings is 1. The Hall–Kier alpha value is -1.49. The molecule has 1 aromatic heterocycles. The summed E-state index contributed by atoms with van der Waals surface area (Å²) in [5, 5.41) is 22.1. The van der Waals surface area contributed by atoms with Crippen LogP contribution in [-0.4, -0.2) is 34.5 Å². The Labute approximate surface area is 99.9 Å². The first-order valence-electron chi connectivity index (χ1n) is 5.63. The minimum absolute atomic E-state index is 0.214. The third-order valence-corrected chi connectivity index (χ3v) is 2.59. The van der Waals surface area contributed by atoms with Crippen molar-refractivity contribution in [3.63, 3.8) is 0 Å². The standard InChI is InChI=1S/C13H16N2O2/c16-9-12(17)8-14-7-10-3-4-13-11(6-10)2-1-5-15-13/h1-6,12,14,16-17H,7-9H2. The van der Waals surface area contributed by atoms with E-state index < -0.39 is 6.10 Å². The Morgan fingerprint density at radius 1 is 1.29 bits per heavy atom. The van der Waals surface area contributed by atoms with E-state index in [9.17, 15) is 5.11 Å². The molecule has 4 nitrogen and oxygen atoms in total. The van der Waals surface area contributed by atoms with Crippen LogP contribution < -0.4 is 5.32 Å². The molecule has 17 heavy (non-hydrogen) atoms. The quantitative estimate of drug-likeness (QED) is 0.709. The molecule has 1 heterocycles. The van der Waals surface area contributed by atoms with E-state index >= 15 is 0 Å². The van der Waals surface area contributed by atoms with Crippen LogP contribution in [0.2, 0.25) is 0 Å². The van der Waals surface area contributed by atoms with Crippen molar-refractivity contribution in [1.82, 2.24) is 10.3 Å². The maximum Gasteiger partial charge on any atom is 0.0895 e. The van der Waals surface area contributed by atoms with Crippen LogP contribution in [0.1, 0.15) is 5.56 Å². The van der Waals surface area contributed by atoms with Gasteiger partial charge in [-0.05, 0) is 23.8 Å². The zero-order chi connectivity index (χ0) is 12.1. The first-order chi connectivity index (χ1) is 8.29. The number of aliphatic hydroxyl groups excluding tert-OH is 2. The average Bonchev–Trinajstić information content (AvgIpc) is 2.38. The molecule has 1 unspecified atom stereocenters. The second-order valence-electron chi connectivity index (χ2n) is 4.00. The number of aromatic nitrogens is 1. The van der Waals surface area contributed by atoms with Gasteiger partial charge in [0.25, 0.3) is 0 Å². The summed E-state index contributed by atoms with van der Waals surface area (Å²) in [5.41, 5.74) is 2.11. The minimum Gasteiger partial charge on any atom is -0.394 e. The molecule has 1 atom stereocenters. The number of nitrogens with one attached hydrogen (secondary N) is 1. The molecule has 0 saturated carbocycles. The van der Waals surface area contributed by atoms with Crippen molar-refractivity contribution in [1.29, 1.82) is 0 Å². The molecule has 0 aliphatic carbocycles. The van der Waals surface area contributed by atoms with Crippen LogP contribution in [0.25, 0.3) is 10.9 Å². The van der Waals surface area contributed by atoms with E-state index in [0.29, 0.717) is 13.1 Å². The summed E-state index contributed by atoms with van der Waals surface area (Å²) in [6.07, 6.45) is 1.08. The van der Waals surface area contributed by atoms with Gasteiger partial charge in [0.15, 0.2) is 0 Å². The predicted molar refractivity (Wildman–Crippen MR) is 66.5 cm³/mol. The molecule has 0 amide bonds. The van der Waals surface area contributed by atoms with Gasteiger partial charge in [-0.25, -0.2) is 0 Å². The molecule has 0 saturated heterocycles. The van der Waals surface area contributed by atoms with Gasteiger partial charge in [0.2, 0.25) is 0 Å². The first kappa shape index (κ1) is 12.0. The highest BCUT2D eigenvalue weighted by molar-refractivity contribution is 5.78. The van der Waals surface area contributed by atoms with Crippen molar-refractivity contribution in [3.8, 4) is 0 Å². The van der Waals surface area contributed by atoms with Gasteiger partial charge in [0.1, 0.15) is 0 Å². The Morgan fingerprint density at radius 2 is 2.18 bits per heavy atom. The number of pyridine rings is 1. The third-order valence-electron chi connectivity index (χ3n) is 2.59. The summed E-state index contributed by atoms with van der Waals surface area (Å²) >= 11 is 0. The molecule has 2 rings (SSSR count). The summed E-state index contributed by atoms with van der Waals surface area (Å²) in [7, 11) is 0. The van der Waals surface area contributed by atoms with E-state index in [1.807, 2.05) is 24.3 Å². The fourth-order valence-electron chi connectivity index (χ4n) is 1.68. The number of fused-ring (bicyclic) bond motifs is 1. The van der Waals surface area contributed by atoms with E-state index in [-0.39, 0.29) is 6.61 Å². The van der Waals surface area contributed by atoms with Crippen molar-refractivity contribution in [3.05, 3.63) is 42.1 Å². The summed E-state index contributed by atoms with van der Waals surface area (Å²) < 4.78 is 0. The number of rotatable bonds is 5. The van der Waals surface area contributed by atoms with Gasteiger partial charge < -0.3 is 15.5 Å². The third kappa shape index (κ3) is 3.23. The normalized spacial score (nSPS) is 12.8. The predicted octanol–water partition coefficient (Wildman–Crippen LogP) is 0.678. The second kappa shape index (κ2) is 5.72. The maximum atomic E-state index is 9.19. The zero-order valence-corrected chi connectivity index (χ0v) is 9.50. The van der Waals surface area contributed by atoms with E-state index in [4.69, 9.17) is 5.11 Å². The molecule has 0 fully saturated rings. The second-order valence-corrected chi connectivity index (χ2v) is 4.00. The van der Waals surface area contributed by atoms with Gasteiger partial charge in [-0.1, -0.05) is 12.1 Å². The van der Waals surface area contributed by atoms with Crippen LogP contribution in [-0.2, 0) is 6.54 Å². The molecule has 0 radical (unpaired) electrons. The lowest BCUT2D eigenvalue weighted by Crippen LogP contribution is -2.28. The van der Waals surface area contributed by atoms with Gasteiger partial charge in [-0.3, -0.25) is 4.98 Å². The van der Waals surface area contributed by atoms with Crippen molar-refractivity contribution >= 4 is 10.9 Å². The van der Waals surface area contributed by atoms with Gasteiger partial charge in [-0.2, -0.15) is 0 Å². The monoisotopic (exact) mass is 232 g/mol. The van der Waals surface area contributed by atoms with Crippen LogP contribution in [0.3, 0.4) is 0 Å². The number of aliphatic hydroxyl groups is 2. The highest BCUT2D eigenvalue weighted by Crippen LogP contribution is 2.12. The van der Waals surface area contributed by atoms with Gasteiger partial charge >= 0.3 is 0 Å². The van der Waals surface area contributed by atoms with Crippen LogP contribution >= 0.6 is 0 Å². The Bertz CT molecular complexity index is 488. The van der Waals surface area contributed by atoms with Crippen molar-refractivity contribution in [2.45, 2.75) is 12.6 Å². The summed E-state index contributed by atoms with van der Waals surface area (Å²) in [6, 6.07) is 9.99. The van der Waals surface area contributed by atoms with Crippen molar-refractivity contribution in [2.75, 3.05) is 13.2 Å². The van der Waals surface area contributed by atoms with Crippen LogP contribution in [0.5, 0.6) is 0 Å². The van der Waals surface area contributed by atoms with Gasteiger partial charge in [-0.15, -0.1) is 0 Å². The van der Waals surface area contributed by atoms with E-state index in [1.165, 1.54) is 0 Å². The zero-order valence-electron chi connectivity index (χ0n) is 9.50. The largest absolute Gasteiger partial charge is 0.394 e. The fourth-order valence-corrected chi connectivity index (χ4v) is 1.68. The summed E-state index contributed by atoms with van der Waals surface area (Å²) in [5.74, 6) is 0. The molecule has 3 N–H and O–H groups in total. The van der Waals surface area contributed by atoms with Crippen molar-refractivity contribution < 1.29 is 10.2 Å². The molecule has 0 spiro atoms. The molecule has 1 aromatic carbocycles. The smallest absolute Gasteiger partial charge is 0.0895 e. The highest BCUT2D eigenvalue weighted by atomic mass is 16.3. The van der Waals surface area contributed by atoms with Crippen molar-refractivity contribution in [2.24, 2.45) is 0 Å². The van der Waals surface area contributed by atoms with E-state index in [2.05, 4.69) is 16.4 Å². The fraction of sp³-hybridized carbons (Fsp3) is 0.308. The topological polar surface area (TPSA) is 65.4 Å². The lowest BCUT2D eigenvalue weighted by Gasteiger charge is -2.09. The van der Waals surface area contributed by atoms with Gasteiger partial charge in [0.05, 0.1) is 18.2 Å². The lowest BCUT2D eigenvalue weighted by atomic mass is 10.1. The Morgan fingerprint density at radius 3 is 3.00 bits per heavy atom. The molecule has 2 aromatic rings. The number of hydrogen-bond donors (Lipinski definition) is 3. The summed E-state index contributed by atoms with van der Waals surface area (Å²) in [6.45, 7) is 0.845. The first-order valence-corrected chi connectivity index (χ1v) is 5.63. The maximum absolute atomic E-state index is 9.19. The molecular weight excluding hydrogens is 216 g/mol. The molecule has 0 bridgehead atoms. The van der Waals surface area contributed by atoms with E-state index in [1.54, 1.807) is 6.20 Å². The van der Waals surface area contributed by atoms with Crippen LogP contribution in [0, 0.1) is 0 Å². The van der Waals surface area contributed by atoms with Gasteiger partial charge in [0, 0.05) is 24.7 Å². The van der Waals surface area contributed by atoms with Crippen LogP contribution in [0.4, 0.5) is 0 Å². The Balaban J connectivity index is 1.99. The lowest BCUT2D eigenvalue weighted by molar-refractivity contribution is 0.0942. The molecule has 4 heteroatoms. The molecule has 0 aliphatic rings. The molecule has 90 valence electrons.